The molecule has 0 bridgehead atoms. The van der Waals surface area contributed by atoms with Gasteiger partial charge in [0.25, 0.3) is 0 Å². The van der Waals surface area contributed by atoms with Gasteiger partial charge in [-0.2, -0.15) is 0 Å². The highest BCUT2D eigenvalue weighted by atomic mass is 16.5. The maximum atomic E-state index is 6.10. The van der Waals surface area contributed by atoms with Gasteiger partial charge < -0.3 is 10.5 Å². The molecule has 0 saturated heterocycles. The van der Waals surface area contributed by atoms with E-state index >= 15 is 0 Å². The first-order valence-electron chi connectivity index (χ1n) is 7.20. The first kappa shape index (κ1) is 15.3. The highest BCUT2D eigenvalue weighted by Crippen LogP contribution is 2.34. The molecule has 0 aliphatic heterocycles. The summed E-state index contributed by atoms with van der Waals surface area (Å²) in [5.41, 5.74) is 7.70. The van der Waals surface area contributed by atoms with E-state index in [0.29, 0.717) is 23.9 Å². The molecule has 1 aromatic carbocycles. The predicted molar refractivity (Wildman–Crippen MR) is 82.9 cm³/mol. The Kier molecular flexibility index (Phi) is 4.45. The minimum atomic E-state index is 0.216. The summed E-state index contributed by atoms with van der Waals surface area (Å²) in [7, 11) is 0. The van der Waals surface area contributed by atoms with Gasteiger partial charge >= 0.3 is 0 Å². The summed E-state index contributed by atoms with van der Waals surface area (Å²) in [6.45, 7) is 9.83. The number of hydrogen-bond donors (Lipinski definition) is 1. The summed E-state index contributed by atoms with van der Waals surface area (Å²) in [6.07, 6.45) is 0.974. The van der Waals surface area contributed by atoms with E-state index in [2.05, 4.69) is 36.3 Å². The molecule has 1 heterocycles. The predicted octanol–water partition coefficient (Wildman–Crippen LogP) is 2.76. The molecule has 114 valence electrons. The van der Waals surface area contributed by atoms with Gasteiger partial charge in [0.05, 0.1) is 12.2 Å². The lowest BCUT2D eigenvalue weighted by molar-refractivity contribution is 0.336. The molecule has 0 aliphatic rings. The van der Waals surface area contributed by atoms with Gasteiger partial charge in [0.1, 0.15) is 5.75 Å². The van der Waals surface area contributed by atoms with E-state index in [0.717, 1.165) is 18.5 Å². The molecule has 6 heteroatoms. The van der Waals surface area contributed by atoms with Gasteiger partial charge in [-0.05, 0) is 41.3 Å². The van der Waals surface area contributed by atoms with Crippen LogP contribution in [0.5, 0.6) is 5.75 Å². The van der Waals surface area contributed by atoms with Crippen molar-refractivity contribution in [3.63, 3.8) is 0 Å². The lowest BCUT2D eigenvalue weighted by Gasteiger charge is -2.18. The third-order valence-corrected chi connectivity index (χ3v) is 3.19. The fourth-order valence-electron chi connectivity index (χ4n) is 2.04. The number of hydrogen-bond acceptors (Lipinski definition) is 5. The van der Waals surface area contributed by atoms with Crippen LogP contribution in [-0.4, -0.2) is 26.8 Å². The van der Waals surface area contributed by atoms with Gasteiger partial charge in [0, 0.05) is 12.2 Å². The zero-order chi connectivity index (χ0) is 15.5. The zero-order valence-electron chi connectivity index (χ0n) is 13.1. The van der Waals surface area contributed by atoms with Crippen molar-refractivity contribution < 1.29 is 4.74 Å². The van der Waals surface area contributed by atoms with Crippen molar-refractivity contribution in [3.8, 4) is 17.1 Å². The molecule has 2 rings (SSSR count). The van der Waals surface area contributed by atoms with Crippen LogP contribution < -0.4 is 10.5 Å². The Morgan fingerprint density at radius 2 is 2.05 bits per heavy atom. The van der Waals surface area contributed by atoms with Gasteiger partial charge in [-0.1, -0.05) is 26.8 Å². The number of anilines is 1. The fourth-order valence-corrected chi connectivity index (χ4v) is 2.04. The molecular weight excluding hydrogens is 266 g/mol. The van der Waals surface area contributed by atoms with Crippen LogP contribution in [0.1, 0.15) is 34.1 Å². The van der Waals surface area contributed by atoms with Gasteiger partial charge in [-0.3, -0.25) is 0 Å². The number of nitrogens with zero attached hydrogens (tertiary/aromatic N) is 4. The molecule has 0 saturated carbocycles. The summed E-state index contributed by atoms with van der Waals surface area (Å²) < 4.78 is 7.44. The third-order valence-electron chi connectivity index (χ3n) is 3.19. The van der Waals surface area contributed by atoms with Crippen molar-refractivity contribution in [2.45, 2.75) is 40.7 Å². The smallest absolute Gasteiger partial charge is 0.187 e. The zero-order valence-corrected chi connectivity index (χ0v) is 13.1. The first-order valence-corrected chi connectivity index (χ1v) is 7.20. The number of ether oxygens (including phenoxy) is 1. The van der Waals surface area contributed by atoms with Gasteiger partial charge in [0.15, 0.2) is 5.82 Å². The Bertz CT molecular complexity index is 600. The monoisotopic (exact) mass is 289 g/mol. The average Bonchev–Trinajstić information content (AvgIpc) is 2.84. The maximum Gasteiger partial charge on any atom is 0.187 e. The largest absolute Gasteiger partial charge is 0.493 e. The van der Waals surface area contributed by atoms with Crippen LogP contribution in [0.4, 0.5) is 5.69 Å². The van der Waals surface area contributed by atoms with Crippen LogP contribution in [0.3, 0.4) is 0 Å². The van der Waals surface area contributed by atoms with Crippen LogP contribution in [0.2, 0.25) is 0 Å². The number of benzene rings is 1. The summed E-state index contributed by atoms with van der Waals surface area (Å²) in [6, 6.07) is 5.59. The average molecular weight is 289 g/mol. The Labute approximate surface area is 125 Å². The van der Waals surface area contributed by atoms with E-state index < -0.39 is 0 Å². The van der Waals surface area contributed by atoms with E-state index in [1.165, 1.54) is 0 Å². The number of tetrazole rings is 1. The van der Waals surface area contributed by atoms with Gasteiger partial charge in [-0.15, -0.1) is 5.10 Å². The summed E-state index contributed by atoms with van der Waals surface area (Å²) in [5, 5.41) is 12.0. The second-order valence-corrected chi connectivity index (χ2v) is 6.19. The first-order chi connectivity index (χ1) is 9.92. The fraction of sp³-hybridized carbons (Fsp3) is 0.533. The summed E-state index contributed by atoms with van der Waals surface area (Å²) in [4.78, 5) is 0. The molecule has 1 aromatic heterocycles. The Morgan fingerprint density at radius 3 is 2.71 bits per heavy atom. The topological polar surface area (TPSA) is 78.8 Å². The standard InChI is InChI=1S/C15H23N5O/c1-5-21-12-8-6-7-11(16)13(12)14-17-18-19-20(14)10-9-15(2,3)4/h6-8H,5,9-10,16H2,1-4H3. The van der Waals surface area contributed by atoms with Crippen LogP contribution in [0.15, 0.2) is 18.2 Å². The van der Waals surface area contributed by atoms with Crippen LogP contribution >= 0.6 is 0 Å². The summed E-state index contributed by atoms with van der Waals surface area (Å²) in [5.74, 6) is 1.37. The second-order valence-electron chi connectivity index (χ2n) is 6.19. The van der Waals surface area contributed by atoms with Crippen molar-refractivity contribution in [1.82, 2.24) is 20.2 Å². The van der Waals surface area contributed by atoms with Crippen molar-refractivity contribution in [2.75, 3.05) is 12.3 Å². The number of nitrogen functional groups attached to an aromatic ring is 1. The SMILES string of the molecule is CCOc1cccc(N)c1-c1nnnn1CCC(C)(C)C. The third kappa shape index (κ3) is 3.71. The van der Waals surface area contributed by atoms with E-state index in [-0.39, 0.29) is 5.41 Å². The van der Waals surface area contributed by atoms with E-state index in [9.17, 15) is 0 Å². The van der Waals surface area contributed by atoms with E-state index in [1.807, 2.05) is 25.1 Å². The highest BCUT2D eigenvalue weighted by Gasteiger charge is 2.19. The minimum absolute atomic E-state index is 0.216. The quantitative estimate of drug-likeness (QED) is 0.856. The molecule has 0 unspecified atom stereocenters. The molecule has 6 nitrogen and oxygen atoms in total. The number of nitrogens with two attached hydrogens (primary N) is 1. The van der Waals surface area contributed by atoms with Crippen molar-refractivity contribution in [1.29, 1.82) is 0 Å². The molecule has 2 aromatic rings. The Morgan fingerprint density at radius 1 is 1.29 bits per heavy atom. The van der Waals surface area contributed by atoms with Gasteiger partial charge in [-0.25, -0.2) is 4.68 Å². The normalized spacial score (nSPS) is 11.6. The Hall–Kier alpha value is -2.11. The van der Waals surface area contributed by atoms with Crippen molar-refractivity contribution in [2.24, 2.45) is 5.41 Å². The lowest BCUT2D eigenvalue weighted by atomic mass is 9.92. The minimum Gasteiger partial charge on any atom is -0.493 e. The van der Waals surface area contributed by atoms with Crippen LogP contribution in [-0.2, 0) is 6.54 Å². The lowest BCUT2D eigenvalue weighted by Crippen LogP contribution is -2.13. The van der Waals surface area contributed by atoms with Crippen molar-refractivity contribution in [3.05, 3.63) is 18.2 Å². The summed E-state index contributed by atoms with van der Waals surface area (Å²) >= 11 is 0. The molecule has 0 atom stereocenters. The molecule has 0 aliphatic carbocycles. The molecule has 0 spiro atoms. The van der Waals surface area contributed by atoms with Crippen LogP contribution in [0.25, 0.3) is 11.4 Å². The molecule has 0 amide bonds. The molecule has 21 heavy (non-hydrogen) atoms. The number of rotatable bonds is 5. The number of aromatic nitrogens is 4. The van der Waals surface area contributed by atoms with E-state index in [4.69, 9.17) is 10.5 Å². The Balaban J connectivity index is 2.37. The molecule has 2 N–H and O–H groups in total. The van der Waals surface area contributed by atoms with Gasteiger partial charge in [0.2, 0.25) is 0 Å². The molecule has 0 fully saturated rings. The van der Waals surface area contributed by atoms with Crippen LogP contribution in [0, 0.1) is 5.41 Å². The van der Waals surface area contributed by atoms with E-state index in [1.54, 1.807) is 4.68 Å². The second kappa shape index (κ2) is 6.11. The maximum absolute atomic E-state index is 6.10. The molecule has 0 radical (unpaired) electrons. The number of aryl methyl sites for hydroxylation is 1. The molecular formula is C15H23N5O. The highest BCUT2D eigenvalue weighted by molar-refractivity contribution is 5.77. The van der Waals surface area contributed by atoms with Crippen molar-refractivity contribution >= 4 is 5.69 Å².